The standard InChI is InChI=1S/C16H19BrO2/c1-9-6-7-13-11(3)15(17)16(19-8-18-5)12(4)14(13)10(9)2/h6-7H,8H2,1-5H3. The van der Waals surface area contributed by atoms with Crippen molar-refractivity contribution >= 4 is 26.7 Å². The van der Waals surface area contributed by atoms with Gasteiger partial charge in [0, 0.05) is 12.7 Å². The van der Waals surface area contributed by atoms with Gasteiger partial charge >= 0.3 is 0 Å². The van der Waals surface area contributed by atoms with Gasteiger partial charge in [0.1, 0.15) is 5.75 Å². The zero-order chi connectivity index (χ0) is 14.2. The minimum atomic E-state index is 0.259. The molecular formula is C16H19BrO2. The highest BCUT2D eigenvalue weighted by atomic mass is 79.9. The van der Waals surface area contributed by atoms with Gasteiger partial charge in [-0.15, -0.1) is 0 Å². The summed E-state index contributed by atoms with van der Waals surface area (Å²) in [4.78, 5) is 0. The summed E-state index contributed by atoms with van der Waals surface area (Å²) in [6.07, 6.45) is 0. The van der Waals surface area contributed by atoms with Crippen LogP contribution in [0.25, 0.3) is 10.8 Å². The Kier molecular flexibility index (Phi) is 4.16. The molecule has 0 saturated heterocycles. The molecule has 0 unspecified atom stereocenters. The van der Waals surface area contributed by atoms with Crippen LogP contribution in [-0.4, -0.2) is 13.9 Å². The van der Waals surface area contributed by atoms with Crippen molar-refractivity contribution in [3.8, 4) is 5.75 Å². The van der Waals surface area contributed by atoms with Gasteiger partial charge in [-0.3, -0.25) is 0 Å². The summed E-state index contributed by atoms with van der Waals surface area (Å²) >= 11 is 3.64. The minimum Gasteiger partial charge on any atom is -0.466 e. The lowest BCUT2D eigenvalue weighted by Crippen LogP contribution is -2.03. The fourth-order valence-corrected chi connectivity index (χ4v) is 3.09. The van der Waals surface area contributed by atoms with E-state index in [2.05, 4.69) is 55.8 Å². The molecule has 2 aromatic rings. The first-order valence-electron chi connectivity index (χ1n) is 6.29. The first-order valence-corrected chi connectivity index (χ1v) is 7.08. The quantitative estimate of drug-likeness (QED) is 0.754. The van der Waals surface area contributed by atoms with Crippen molar-refractivity contribution in [2.45, 2.75) is 27.7 Å². The molecule has 102 valence electrons. The Balaban J connectivity index is 2.81. The number of aryl methyl sites for hydroxylation is 4. The number of ether oxygens (including phenoxy) is 2. The van der Waals surface area contributed by atoms with Gasteiger partial charge < -0.3 is 9.47 Å². The van der Waals surface area contributed by atoms with Gasteiger partial charge in [-0.25, -0.2) is 0 Å². The molecule has 0 spiro atoms. The van der Waals surface area contributed by atoms with Crippen molar-refractivity contribution in [1.29, 1.82) is 0 Å². The molecule has 2 aromatic carbocycles. The number of fused-ring (bicyclic) bond motifs is 1. The predicted octanol–water partition coefficient (Wildman–Crippen LogP) is 4.82. The summed E-state index contributed by atoms with van der Waals surface area (Å²) in [7, 11) is 1.63. The van der Waals surface area contributed by atoms with E-state index in [0.29, 0.717) is 0 Å². The molecule has 0 bridgehead atoms. The van der Waals surface area contributed by atoms with Crippen LogP contribution in [0, 0.1) is 27.7 Å². The van der Waals surface area contributed by atoms with Crippen molar-refractivity contribution in [3.05, 3.63) is 38.9 Å². The molecule has 0 radical (unpaired) electrons. The maximum absolute atomic E-state index is 5.73. The molecular weight excluding hydrogens is 304 g/mol. The maximum atomic E-state index is 5.73. The molecule has 3 heteroatoms. The largest absolute Gasteiger partial charge is 0.466 e. The second-order valence-corrected chi connectivity index (χ2v) is 5.67. The number of halogens is 1. The molecule has 2 nitrogen and oxygen atoms in total. The number of benzene rings is 2. The van der Waals surface area contributed by atoms with E-state index >= 15 is 0 Å². The van der Waals surface area contributed by atoms with Crippen LogP contribution in [0.4, 0.5) is 0 Å². The van der Waals surface area contributed by atoms with Gasteiger partial charge in [0.05, 0.1) is 4.47 Å². The summed E-state index contributed by atoms with van der Waals surface area (Å²) < 4.78 is 11.8. The molecule has 0 amide bonds. The average Bonchev–Trinajstić information content (AvgIpc) is 2.39. The van der Waals surface area contributed by atoms with Crippen LogP contribution in [0.2, 0.25) is 0 Å². The number of methoxy groups -OCH3 is 1. The Labute approximate surface area is 122 Å². The fourth-order valence-electron chi connectivity index (χ4n) is 2.47. The Morgan fingerprint density at radius 2 is 1.68 bits per heavy atom. The lowest BCUT2D eigenvalue weighted by atomic mass is 9.94. The van der Waals surface area contributed by atoms with E-state index in [1.807, 2.05) is 0 Å². The summed E-state index contributed by atoms with van der Waals surface area (Å²) in [6.45, 7) is 8.78. The van der Waals surface area contributed by atoms with Gasteiger partial charge in [-0.05, 0) is 71.1 Å². The third-order valence-corrected chi connectivity index (χ3v) is 4.66. The molecule has 0 atom stereocenters. The van der Waals surface area contributed by atoms with E-state index < -0.39 is 0 Å². The van der Waals surface area contributed by atoms with Crippen molar-refractivity contribution in [3.63, 3.8) is 0 Å². The van der Waals surface area contributed by atoms with Crippen molar-refractivity contribution in [1.82, 2.24) is 0 Å². The topological polar surface area (TPSA) is 18.5 Å². The van der Waals surface area contributed by atoms with E-state index in [9.17, 15) is 0 Å². The number of hydrogen-bond donors (Lipinski definition) is 0. The van der Waals surface area contributed by atoms with Crippen LogP contribution in [0.1, 0.15) is 22.3 Å². The van der Waals surface area contributed by atoms with Crippen LogP contribution >= 0.6 is 15.9 Å². The van der Waals surface area contributed by atoms with E-state index in [4.69, 9.17) is 9.47 Å². The van der Waals surface area contributed by atoms with Gasteiger partial charge in [0.2, 0.25) is 0 Å². The highest BCUT2D eigenvalue weighted by molar-refractivity contribution is 9.10. The van der Waals surface area contributed by atoms with Gasteiger partial charge in [0.25, 0.3) is 0 Å². The molecule has 0 saturated carbocycles. The lowest BCUT2D eigenvalue weighted by Gasteiger charge is -2.18. The second-order valence-electron chi connectivity index (χ2n) is 4.87. The zero-order valence-corrected chi connectivity index (χ0v) is 13.6. The Hall–Kier alpha value is -1.06. The van der Waals surface area contributed by atoms with Gasteiger partial charge in [0.15, 0.2) is 6.79 Å². The molecule has 0 aliphatic rings. The molecule has 19 heavy (non-hydrogen) atoms. The first kappa shape index (κ1) is 14.4. The van der Waals surface area contributed by atoms with Gasteiger partial charge in [-0.2, -0.15) is 0 Å². The fraction of sp³-hybridized carbons (Fsp3) is 0.375. The van der Waals surface area contributed by atoms with Crippen LogP contribution in [-0.2, 0) is 4.74 Å². The Morgan fingerprint density at radius 1 is 1.00 bits per heavy atom. The molecule has 2 rings (SSSR count). The summed E-state index contributed by atoms with van der Waals surface area (Å²) in [5.74, 6) is 0.876. The third-order valence-electron chi connectivity index (χ3n) is 3.71. The highest BCUT2D eigenvalue weighted by Gasteiger charge is 2.16. The van der Waals surface area contributed by atoms with Crippen molar-refractivity contribution in [2.75, 3.05) is 13.9 Å². The third kappa shape index (κ3) is 2.37. The monoisotopic (exact) mass is 322 g/mol. The molecule has 0 aromatic heterocycles. The molecule has 0 aliphatic carbocycles. The summed E-state index contributed by atoms with van der Waals surface area (Å²) in [5, 5.41) is 2.56. The normalized spacial score (nSPS) is 11.1. The highest BCUT2D eigenvalue weighted by Crippen LogP contribution is 2.40. The minimum absolute atomic E-state index is 0.259. The van der Waals surface area contributed by atoms with Crippen LogP contribution in [0.5, 0.6) is 5.75 Å². The van der Waals surface area contributed by atoms with E-state index in [1.54, 1.807) is 7.11 Å². The predicted molar refractivity (Wildman–Crippen MR) is 83.1 cm³/mol. The number of rotatable bonds is 3. The average molecular weight is 323 g/mol. The second kappa shape index (κ2) is 5.51. The SMILES string of the molecule is COCOc1c(Br)c(C)c2ccc(C)c(C)c2c1C. The smallest absolute Gasteiger partial charge is 0.188 e. The summed E-state index contributed by atoms with van der Waals surface area (Å²) in [5.41, 5.74) is 4.98. The first-order chi connectivity index (χ1) is 8.99. The van der Waals surface area contributed by atoms with E-state index in [0.717, 1.165) is 15.8 Å². The Bertz CT molecular complexity index is 633. The van der Waals surface area contributed by atoms with Crippen molar-refractivity contribution in [2.24, 2.45) is 0 Å². The zero-order valence-electron chi connectivity index (χ0n) is 12.1. The van der Waals surface area contributed by atoms with E-state index in [-0.39, 0.29) is 6.79 Å². The van der Waals surface area contributed by atoms with Crippen LogP contribution in [0.15, 0.2) is 16.6 Å². The molecule has 0 fully saturated rings. The number of hydrogen-bond acceptors (Lipinski definition) is 2. The van der Waals surface area contributed by atoms with E-state index in [1.165, 1.54) is 27.5 Å². The maximum Gasteiger partial charge on any atom is 0.188 e. The Morgan fingerprint density at radius 3 is 2.32 bits per heavy atom. The molecule has 0 heterocycles. The van der Waals surface area contributed by atoms with Gasteiger partial charge in [-0.1, -0.05) is 12.1 Å². The van der Waals surface area contributed by atoms with Crippen LogP contribution < -0.4 is 4.74 Å². The summed E-state index contributed by atoms with van der Waals surface area (Å²) in [6, 6.07) is 4.36. The van der Waals surface area contributed by atoms with Crippen LogP contribution in [0.3, 0.4) is 0 Å². The lowest BCUT2D eigenvalue weighted by molar-refractivity contribution is 0.0501. The molecule has 0 aliphatic heterocycles. The van der Waals surface area contributed by atoms with Crippen molar-refractivity contribution < 1.29 is 9.47 Å². The molecule has 0 N–H and O–H groups in total.